The molecule has 66 valence electrons. The van der Waals surface area contributed by atoms with Gasteiger partial charge in [-0.05, 0) is 12.1 Å². The standard InChI is InChI=1S/C7H4ClN3O2/c8-5-2-1-4-3-9-6(7(12)13)11(4)10-5/h1-3H,(H,12,13). The van der Waals surface area contributed by atoms with Crippen molar-refractivity contribution in [3.63, 3.8) is 0 Å². The van der Waals surface area contributed by atoms with Gasteiger partial charge in [0.2, 0.25) is 5.82 Å². The number of aromatic carboxylic acids is 1. The van der Waals surface area contributed by atoms with Crippen LogP contribution in [0.3, 0.4) is 0 Å². The summed E-state index contributed by atoms with van der Waals surface area (Å²) in [6.45, 7) is 0. The van der Waals surface area contributed by atoms with Gasteiger partial charge in [0, 0.05) is 0 Å². The van der Waals surface area contributed by atoms with Gasteiger partial charge in [-0.3, -0.25) is 0 Å². The zero-order valence-corrected chi connectivity index (χ0v) is 7.06. The highest BCUT2D eigenvalue weighted by atomic mass is 35.5. The molecular weight excluding hydrogens is 194 g/mol. The van der Waals surface area contributed by atoms with Gasteiger partial charge in [-0.25, -0.2) is 14.3 Å². The van der Waals surface area contributed by atoms with Crippen molar-refractivity contribution < 1.29 is 9.90 Å². The molecule has 0 saturated carbocycles. The third-order valence-electron chi connectivity index (χ3n) is 1.54. The molecule has 0 saturated heterocycles. The number of carboxylic acid groups (broad SMARTS) is 1. The Hall–Kier alpha value is -1.62. The fraction of sp³-hybridized carbons (Fsp3) is 0. The molecule has 2 rings (SSSR count). The number of halogens is 1. The zero-order chi connectivity index (χ0) is 9.42. The highest BCUT2D eigenvalue weighted by molar-refractivity contribution is 6.29. The number of aromatic nitrogens is 3. The minimum atomic E-state index is -1.13. The third-order valence-corrected chi connectivity index (χ3v) is 1.74. The van der Waals surface area contributed by atoms with Crippen molar-refractivity contribution in [2.45, 2.75) is 0 Å². The van der Waals surface area contributed by atoms with Crippen molar-refractivity contribution in [3.8, 4) is 0 Å². The minimum absolute atomic E-state index is 0.141. The van der Waals surface area contributed by atoms with Gasteiger partial charge in [-0.15, -0.1) is 0 Å². The zero-order valence-electron chi connectivity index (χ0n) is 6.31. The Kier molecular flexibility index (Phi) is 1.66. The Bertz CT molecular complexity index is 480. The molecule has 6 heteroatoms. The average Bonchev–Trinajstić information content (AvgIpc) is 2.46. The molecule has 13 heavy (non-hydrogen) atoms. The van der Waals surface area contributed by atoms with Crippen LogP contribution in [0.4, 0.5) is 0 Å². The fourth-order valence-corrected chi connectivity index (χ4v) is 1.15. The second-order valence-electron chi connectivity index (χ2n) is 2.38. The molecule has 0 spiro atoms. The SMILES string of the molecule is O=C(O)c1ncc2ccc(Cl)nn12. The Morgan fingerprint density at radius 1 is 1.54 bits per heavy atom. The van der Waals surface area contributed by atoms with Crippen LogP contribution in [0, 0.1) is 0 Å². The van der Waals surface area contributed by atoms with E-state index in [9.17, 15) is 4.79 Å². The van der Waals surface area contributed by atoms with E-state index >= 15 is 0 Å². The van der Waals surface area contributed by atoms with E-state index in [0.29, 0.717) is 5.52 Å². The van der Waals surface area contributed by atoms with Crippen LogP contribution in [0.25, 0.3) is 5.52 Å². The second-order valence-corrected chi connectivity index (χ2v) is 2.77. The summed E-state index contributed by atoms with van der Waals surface area (Å²) in [5.74, 6) is -1.27. The van der Waals surface area contributed by atoms with Gasteiger partial charge in [0.15, 0.2) is 0 Å². The summed E-state index contributed by atoms with van der Waals surface area (Å²) in [5.41, 5.74) is 0.599. The smallest absolute Gasteiger partial charge is 0.374 e. The number of carboxylic acids is 1. The number of nitrogens with zero attached hydrogens (tertiary/aromatic N) is 3. The largest absolute Gasteiger partial charge is 0.475 e. The number of fused-ring (bicyclic) bond motifs is 1. The molecule has 0 aromatic carbocycles. The number of hydrogen-bond acceptors (Lipinski definition) is 3. The first-order valence-corrected chi connectivity index (χ1v) is 3.80. The summed E-state index contributed by atoms with van der Waals surface area (Å²) in [6, 6.07) is 3.22. The Morgan fingerprint density at radius 2 is 2.31 bits per heavy atom. The van der Waals surface area contributed by atoms with Crippen LogP contribution in [0.2, 0.25) is 5.15 Å². The molecule has 2 aromatic heterocycles. The number of imidazole rings is 1. The number of hydrogen-bond donors (Lipinski definition) is 1. The molecule has 0 radical (unpaired) electrons. The van der Waals surface area contributed by atoms with E-state index < -0.39 is 5.97 Å². The molecule has 0 aliphatic carbocycles. The molecule has 5 nitrogen and oxygen atoms in total. The van der Waals surface area contributed by atoms with Gasteiger partial charge < -0.3 is 5.11 Å². The molecule has 0 unspecified atom stereocenters. The second kappa shape index (κ2) is 2.70. The summed E-state index contributed by atoms with van der Waals surface area (Å²) in [7, 11) is 0. The van der Waals surface area contributed by atoms with E-state index in [-0.39, 0.29) is 11.0 Å². The number of rotatable bonds is 1. The maximum atomic E-state index is 10.6. The van der Waals surface area contributed by atoms with Crippen LogP contribution in [-0.2, 0) is 0 Å². The van der Waals surface area contributed by atoms with Crippen LogP contribution in [0.15, 0.2) is 18.3 Å². The predicted octanol–water partition coefficient (Wildman–Crippen LogP) is 1.08. The first-order valence-electron chi connectivity index (χ1n) is 3.42. The van der Waals surface area contributed by atoms with Gasteiger partial charge in [0.05, 0.1) is 11.7 Å². The lowest BCUT2D eigenvalue weighted by Crippen LogP contribution is -2.05. The quantitative estimate of drug-likeness (QED) is 0.743. The molecule has 0 aliphatic heterocycles. The Morgan fingerprint density at radius 3 is 3.00 bits per heavy atom. The van der Waals surface area contributed by atoms with Crippen molar-refractivity contribution in [1.82, 2.24) is 14.6 Å². The molecule has 0 bridgehead atoms. The van der Waals surface area contributed by atoms with E-state index in [1.165, 1.54) is 10.7 Å². The third kappa shape index (κ3) is 1.23. The van der Waals surface area contributed by atoms with E-state index in [4.69, 9.17) is 16.7 Å². The first kappa shape index (κ1) is 8.00. The predicted molar refractivity (Wildman–Crippen MR) is 45.0 cm³/mol. The lowest BCUT2D eigenvalue weighted by atomic mass is 10.5. The van der Waals surface area contributed by atoms with E-state index in [1.54, 1.807) is 12.1 Å². The van der Waals surface area contributed by atoms with E-state index in [2.05, 4.69) is 10.1 Å². The molecule has 0 amide bonds. The van der Waals surface area contributed by atoms with Crippen molar-refractivity contribution in [2.24, 2.45) is 0 Å². The average molecular weight is 198 g/mol. The number of carbonyl (C=O) groups is 1. The lowest BCUT2D eigenvalue weighted by Gasteiger charge is -1.94. The summed E-state index contributed by atoms with van der Waals surface area (Å²) in [6.07, 6.45) is 1.42. The van der Waals surface area contributed by atoms with Crippen molar-refractivity contribution in [1.29, 1.82) is 0 Å². The van der Waals surface area contributed by atoms with Crippen LogP contribution >= 0.6 is 11.6 Å². The molecule has 0 aliphatic rings. The van der Waals surface area contributed by atoms with Gasteiger partial charge in [-0.2, -0.15) is 5.10 Å². The molecular formula is C7H4ClN3O2. The van der Waals surface area contributed by atoms with Gasteiger partial charge in [0.25, 0.3) is 0 Å². The Balaban J connectivity index is 2.79. The molecule has 2 aromatic rings. The summed E-state index contributed by atoms with van der Waals surface area (Å²) < 4.78 is 1.19. The van der Waals surface area contributed by atoms with Gasteiger partial charge >= 0.3 is 5.97 Å². The maximum absolute atomic E-state index is 10.6. The monoisotopic (exact) mass is 197 g/mol. The highest BCUT2D eigenvalue weighted by Crippen LogP contribution is 2.09. The van der Waals surface area contributed by atoms with Crippen molar-refractivity contribution in [2.75, 3.05) is 0 Å². The summed E-state index contributed by atoms with van der Waals surface area (Å²) in [5, 5.41) is 12.7. The first-order chi connectivity index (χ1) is 6.18. The lowest BCUT2D eigenvalue weighted by molar-refractivity contribution is 0.0681. The summed E-state index contributed by atoms with van der Waals surface area (Å²) in [4.78, 5) is 14.3. The normalized spacial score (nSPS) is 10.5. The van der Waals surface area contributed by atoms with Crippen LogP contribution in [0.5, 0.6) is 0 Å². The highest BCUT2D eigenvalue weighted by Gasteiger charge is 2.11. The molecule has 0 fully saturated rings. The van der Waals surface area contributed by atoms with Crippen LogP contribution < -0.4 is 0 Å². The van der Waals surface area contributed by atoms with Crippen molar-refractivity contribution in [3.05, 3.63) is 29.3 Å². The van der Waals surface area contributed by atoms with Crippen molar-refractivity contribution >= 4 is 23.1 Å². The minimum Gasteiger partial charge on any atom is -0.475 e. The fourth-order valence-electron chi connectivity index (χ4n) is 1.01. The van der Waals surface area contributed by atoms with Crippen LogP contribution in [-0.4, -0.2) is 25.7 Å². The Labute approximate surface area is 77.6 Å². The molecule has 0 atom stereocenters. The summed E-state index contributed by atoms with van der Waals surface area (Å²) >= 11 is 5.60. The van der Waals surface area contributed by atoms with Gasteiger partial charge in [-0.1, -0.05) is 11.6 Å². The van der Waals surface area contributed by atoms with E-state index in [0.717, 1.165) is 0 Å². The topological polar surface area (TPSA) is 67.5 Å². The van der Waals surface area contributed by atoms with Crippen LogP contribution in [0.1, 0.15) is 10.6 Å². The maximum Gasteiger partial charge on any atom is 0.374 e. The molecule has 1 N–H and O–H groups in total. The van der Waals surface area contributed by atoms with Gasteiger partial charge in [0.1, 0.15) is 5.15 Å². The molecule has 2 heterocycles. The van der Waals surface area contributed by atoms with E-state index in [1.807, 2.05) is 0 Å².